The topological polar surface area (TPSA) is 52.6 Å². The number of aliphatic hydroxyl groups excluding tert-OH is 1. The molecule has 1 saturated heterocycles. The summed E-state index contributed by atoms with van der Waals surface area (Å²) in [5.41, 5.74) is 1.04. The number of urea groups is 1. The molecule has 2 rings (SSSR count). The molecule has 4 nitrogen and oxygen atoms in total. The Labute approximate surface area is 141 Å². The minimum Gasteiger partial charge on any atom is -0.393 e. The fourth-order valence-electron chi connectivity index (χ4n) is 2.68. The van der Waals surface area contributed by atoms with E-state index in [0.717, 1.165) is 24.8 Å². The van der Waals surface area contributed by atoms with Crippen LogP contribution in [0, 0.1) is 5.92 Å². The molecule has 2 amide bonds. The van der Waals surface area contributed by atoms with Crippen molar-refractivity contribution < 1.29 is 9.90 Å². The summed E-state index contributed by atoms with van der Waals surface area (Å²) in [6, 6.07) is 5.42. The van der Waals surface area contributed by atoms with Gasteiger partial charge in [0.05, 0.1) is 6.10 Å². The van der Waals surface area contributed by atoms with Gasteiger partial charge in [0.2, 0.25) is 0 Å². The molecule has 0 radical (unpaired) electrons. The first-order chi connectivity index (χ1) is 10.5. The van der Waals surface area contributed by atoms with Crippen molar-refractivity contribution >= 4 is 29.2 Å². The molecule has 0 bridgehead atoms. The van der Waals surface area contributed by atoms with Gasteiger partial charge in [-0.1, -0.05) is 29.3 Å². The van der Waals surface area contributed by atoms with Crippen LogP contribution in [0.3, 0.4) is 0 Å². The van der Waals surface area contributed by atoms with Crippen molar-refractivity contribution in [2.75, 3.05) is 19.6 Å². The maximum absolute atomic E-state index is 12.0. The van der Waals surface area contributed by atoms with E-state index >= 15 is 0 Å². The summed E-state index contributed by atoms with van der Waals surface area (Å²) in [4.78, 5) is 13.8. The highest BCUT2D eigenvalue weighted by Gasteiger charge is 2.28. The fourth-order valence-corrected chi connectivity index (χ4v) is 3.18. The number of rotatable bonds is 5. The Hall–Kier alpha value is -0.970. The third kappa shape index (κ3) is 4.77. The Kier molecular flexibility index (Phi) is 6.36. The minimum atomic E-state index is -0.357. The molecule has 2 N–H and O–H groups in total. The molecule has 1 aliphatic heterocycles. The molecule has 22 heavy (non-hydrogen) atoms. The molecule has 0 saturated carbocycles. The largest absolute Gasteiger partial charge is 0.393 e. The summed E-state index contributed by atoms with van der Waals surface area (Å²) in [5, 5.41) is 13.8. The summed E-state index contributed by atoms with van der Waals surface area (Å²) in [5.74, 6) is 0.193. The average Bonchev–Trinajstić information content (AvgIpc) is 2.95. The maximum atomic E-state index is 12.0. The number of halogens is 2. The van der Waals surface area contributed by atoms with Gasteiger partial charge in [-0.05, 0) is 43.9 Å². The van der Waals surface area contributed by atoms with Gasteiger partial charge in [0.25, 0.3) is 0 Å². The first kappa shape index (κ1) is 17.4. The van der Waals surface area contributed by atoms with Crippen LogP contribution < -0.4 is 5.32 Å². The summed E-state index contributed by atoms with van der Waals surface area (Å²) in [6.07, 6.45) is 2.13. The number of aliphatic hydroxyl groups is 1. The molecule has 1 aromatic carbocycles. The van der Waals surface area contributed by atoms with Gasteiger partial charge in [-0.3, -0.25) is 0 Å². The van der Waals surface area contributed by atoms with Gasteiger partial charge >= 0.3 is 6.03 Å². The van der Waals surface area contributed by atoms with E-state index in [-0.39, 0.29) is 18.1 Å². The van der Waals surface area contributed by atoms with Crippen molar-refractivity contribution in [3.63, 3.8) is 0 Å². The maximum Gasteiger partial charge on any atom is 0.317 e. The number of hydrogen-bond donors (Lipinski definition) is 2. The standard InChI is InChI=1S/C16H22Cl2N2O2/c1-11(21)13-6-8-20(10-13)16(22)19-7-2-3-12-4-5-14(17)9-15(12)18/h4-5,9,11,13,21H,2-3,6-8,10H2,1H3,(H,19,22)/t11-,13-/m1/s1. The lowest BCUT2D eigenvalue weighted by atomic mass is 10.0. The predicted octanol–water partition coefficient (Wildman–Crippen LogP) is 3.34. The van der Waals surface area contributed by atoms with Gasteiger partial charge < -0.3 is 15.3 Å². The molecule has 1 aliphatic rings. The number of nitrogens with zero attached hydrogens (tertiary/aromatic N) is 1. The van der Waals surface area contributed by atoms with Gasteiger partial charge in [-0.2, -0.15) is 0 Å². The van der Waals surface area contributed by atoms with E-state index in [1.165, 1.54) is 0 Å². The number of aryl methyl sites for hydroxylation is 1. The highest BCUT2D eigenvalue weighted by atomic mass is 35.5. The Bertz CT molecular complexity index is 523. The highest BCUT2D eigenvalue weighted by Crippen LogP contribution is 2.22. The second-order valence-electron chi connectivity index (χ2n) is 5.81. The van der Waals surface area contributed by atoms with Crippen molar-refractivity contribution in [1.29, 1.82) is 0 Å². The van der Waals surface area contributed by atoms with Crippen LogP contribution in [0.2, 0.25) is 10.0 Å². The number of carbonyl (C=O) groups is 1. The van der Waals surface area contributed by atoms with Crippen molar-refractivity contribution in [3.05, 3.63) is 33.8 Å². The lowest BCUT2D eigenvalue weighted by molar-refractivity contribution is 0.129. The van der Waals surface area contributed by atoms with Crippen molar-refractivity contribution in [3.8, 4) is 0 Å². The summed E-state index contributed by atoms with van der Waals surface area (Å²) < 4.78 is 0. The van der Waals surface area contributed by atoms with E-state index in [4.69, 9.17) is 23.2 Å². The summed E-state index contributed by atoms with van der Waals surface area (Å²) in [6.45, 7) is 3.73. The van der Waals surface area contributed by atoms with Crippen LogP contribution in [-0.2, 0) is 6.42 Å². The zero-order valence-corrected chi connectivity index (χ0v) is 14.2. The number of carbonyl (C=O) groups excluding carboxylic acids is 1. The molecule has 1 heterocycles. The molecule has 1 aromatic rings. The quantitative estimate of drug-likeness (QED) is 0.805. The van der Waals surface area contributed by atoms with Crippen LogP contribution in [0.5, 0.6) is 0 Å². The first-order valence-corrected chi connectivity index (χ1v) is 8.37. The highest BCUT2D eigenvalue weighted by molar-refractivity contribution is 6.35. The lowest BCUT2D eigenvalue weighted by Crippen LogP contribution is -2.39. The normalized spacial score (nSPS) is 19.3. The van der Waals surface area contributed by atoms with E-state index in [0.29, 0.717) is 29.7 Å². The van der Waals surface area contributed by atoms with Crippen LogP contribution in [-0.4, -0.2) is 41.8 Å². The van der Waals surface area contributed by atoms with Crippen LogP contribution in [0.25, 0.3) is 0 Å². The van der Waals surface area contributed by atoms with Crippen LogP contribution in [0.15, 0.2) is 18.2 Å². The van der Waals surface area contributed by atoms with E-state index in [1.54, 1.807) is 17.9 Å². The molecular weight excluding hydrogens is 323 g/mol. The number of amides is 2. The predicted molar refractivity (Wildman–Crippen MR) is 89.5 cm³/mol. The molecule has 0 aromatic heterocycles. The number of nitrogens with one attached hydrogen (secondary N) is 1. The van der Waals surface area contributed by atoms with E-state index in [9.17, 15) is 9.90 Å². The third-order valence-electron chi connectivity index (χ3n) is 4.11. The van der Waals surface area contributed by atoms with Gasteiger partial charge in [-0.25, -0.2) is 4.79 Å². The van der Waals surface area contributed by atoms with Gasteiger partial charge in [0, 0.05) is 35.6 Å². The fraction of sp³-hybridized carbons (Fsp3) is 0.562. The Morgan fingerprint density at radius 2 is 2.27 bits per heavy atom. The van der Waals surface area contributed by atoms with Crippen molar-refractivity contribution in [1.82, 2.24) is 10.2 Å². The Morgan fingerprint density at radius 3 is 2.91 bits per heavy atom. The number of benzene rings is 1. The third-order valence-corrected chi connectivity index (χ3v) is 4.70. The number of likely N-dealkylation sites (tertiary alicyclic amines) is 1. The van der Waals surface area contributed by atoms with Gasteiger partial charge in [-0.15, -0.1) is 0 Å². The smallest absolute Gasteiger partial charge is 0.317 e. The van der Waals surface area contributed by atoms with Gasteiger partial charge in [0.1, 0.15) is 0 Å². The second kappa shape index (κ2) is 8.04. The number of hydrogen-bond acceptors (Lipinski definition) is 2. The lowest BCUT2D eigenvalue weighted by Gasteiger charge is -2.18. The Balaban J connectivity index is 1.69. The average molecular weight is 345 g/mol. The molecule has 2 atom stereocenters. The van der Waals surface area contributed by atoms with E-state index in [1.807, 2.05) is 12.1 Å². The van der Waals surface area contributed by atoms with Crippen LogP contribution in [0.4, 0.5) is 4.79 Å². The minimum absolute atomic E-state index is 0.0506. The zero-order chi connectivity index (χ0) is 16.1. The Morgan fingerprint density at radius 1 is 1.50 bits per heavy atom. The second-order valence-corrected chi connectivity index (χ2v) is 6.65. The molecular formula is C16H22Cl2N2O2. The molecule has 0 unspecified atom stereocenters. The monoisotopic (exact) mass is 344 g/mol. The summed E-state index contributed by atoms with van der Waals surface area (Å²) in [7, 11) is 0. The zero-order valence-electron chi connectivity index (χ0n) is 12.7. The molecule has 122 valence electrons. The van der Waals surface area contributed by atoms with Crippen LogP contribution in [0.1, 0.15) is 25.3 Å². The van der Waals surface area contributed by atoms with Crippen molar-refractivity contribution in [2.24, 2.45) is 5.92 Å². The van der Waals surface area contributed by atoms with E-state index < -0.39 is 0 Å². The first-order valence-electron chi connectivity index (χ1n) is 7.62. The summed E-state index contributed by atoms with van der Waals surface area (Å²) >= 11 is 12.0. The van der Waals surface area contributed by atoms with Crippen LogP contribution >= 0.6 is 23.2 Å². The molecule has 0 spiro atoms. The molecule has 1 fully saturated rings. The van der Waals surface area contributed by atoms with Crippen molar-refractivity contribution in [2.45, 2.75) is 32.3 Å². The molecule has 0 aliphatic carbocycles. The van der Waals surface area contributed by atoms with Gasteiger partial charge in [0.15, 0.2) is 0 Å². The molecule has 6 heteroatoms. The van der Waals surface area contributed by atoms with E-state index in [2.05, 4.69) is 5.32 Å². The SMILES string of the molecule is C[C@@H](O)[C@@H]1CCN(C(=O)NCCCc2ccc(Cl)cc2Cl)C1.